The van der Waals surface area contributed by atoms with Crippen LogP contribution in [0.1, 0.15) is 43.5 Å². The summed E-state index contributed by atoms with van der Waals surface area (Å²) in [4.78, 5) is 24.3. The second kappa shape index (κ2) is 15.1. The quantitative estimate of drug-likeness (QED) is 0.294. The normalized spacial score (nSPS) is 22.3. The lowest BCUT2D eigenvalue weighted by Crippen LogP contribution is -2.61. The highest BCUT2D eigenvalue weighted by atomic mass is 32.2. The molecule has 0 aliphatic carbocycles. The van der Waals surface area contributed by atoms with Gasteiger partial charge in [0.1, 0.15) is 6.10 Å². The maximum Gasteiger partial charge on any atom is 0.251 e. The second-order valence-corrected chi connectivity index (χ2v) is 10.4. The molecule has 5 atom stereocenters. The molecule has 9 heteroatoms. The van der Waals surface area contributed by atoms with Crippen molar-refractivity contribution in [3.8, 4) is 11.1 Å². The van der Waals surface area contributed by atoms with Crippen LogP contribution in [0.25, 0.3) is 11.1 Å². The summed E-state index contributed by atoms with van der Waals surface area (Å²) in [6.07, 6.45) is -2.27. The molecule has 2 aromatic carbocycles. The van der Waals surface area contributed by atoms with Crippen LogP contribution in [0.4, 0.5) is 0 Å². The summed E-state index contributed by atoms with van der Waals surface area (Å²) in [6.45, 7) is 4.14. The number of ether oxygens (including phenoxy) is 2. The smallest absolute Gasteiger partial charge is 0.251 e. The minimum atomic E-state index is -1.03. The number of rotatable bonds is 13. The van der Waals surface area contributed by atoms with E-state index in [-0.39, 0.29) is 31.2 Å². The van der Waals surface area contributed by atoms with E-state index < -0.39 is 30.6 Å². The van der Waals surface area contributed by atoms with Crippen molar-refractivity contribution >= 4 is 23.6 Å². The first kappa shape index (κ1) is 29.1. The maximum absolute atomic E-state index is 12.6. The molecule has 0 aromatic heterocycles. The summed E-state index contributed by atoms with van der Waals surface area (Å²) in [5.41, 5.74) is 2.61. The van der Waals surface area contributed by atoms with Gasteiger partial charge in [-0.1, -0.05) is 49.4 Å². The molecular formula is C28H38N2O6S. The van der Waals surface area contributed by atoms with Gasteiger partial charge in [0, 0.05) is 25.5 Å². The lowest BCUT2D eigenvalue weighted by Gasteiger charge is -2.41. The van der Waals surface area contributed by atoms with Gasteiger partial charge in [-0.2, -0.15) is 11.8 Å². The average Bonchev–Trinajstić information content (AvgIpc) is 2.90. The molecule has 0 bridgehead atoms. The molecule has 1 heterocycles. The van der Waals surface area contributed by atoms with Crippen molar-refractivity contribution in [2.24, 2.45) is 0 Å². The van der Waals surface area contributed by atoms with E-state index in [1.807, 2.05) is 54.2 Å². The third-order valence-electron chi connectivity index (χ3n) is 6.18. The van der Waals surface area contributed by atoms with Crippen LogP contribution in [-0.4, -0.2) is 77.3 Å². The molecule has 8 nitrogen and oxygen atoms in total. The van der Waals surface area contributed by atoms with Gasteiger partial charge in [0.25, 0.3) is 5.91 Å². The highest BCUT2D eigenvalue weighted by Crippen LogP contribution is 2.25. The summed E-state index contributed by atoms with van der Waals surface area (Å²) >= 11 is 1.83. The first-order valence-electron chi connectivity index (χ1n) is 12.8. The predicted molar refractivity (Wildman–Crippen MR) is 145 cm³/mol. The molecule has 4 unspecified atom stereocenters. The van der Waals surface area contributed by atoms with Crippen LogP contribution in [0.3, 0.4) is 0 Å². The molecule has 202 valence electrons. The molecule has 4 N–H and O–H groups in total. The van der Waals surface area contributed by atoms with E-state index in [9.17, 15) is 19.8 Å². The SMILES string of the molecule is CCSCCCOC1CC(O)[C@@H](NC(C)=O)C(C(O)CCNC(=O)c2ccc(-c3ccccc3)cc2)O1. The molecule has 1 aliphatic rings. The van der Waals surface area contributed by atoms with Gasteiger partial charge < -0.3 is 30.3 Å². The Kier molecular flexibility index (Phi) is 11.9. The van der Waals surface area contributed by atoms with Gasteiger partial charge in [0.15, 0.2) is 6.29 Å². The van der Waals surface area contributed by atoms with Crippen molar-refractivity contribution in [3.63, 3.8) is 0 Å². The molecular weight excluding hydrogens is 492 g/mol. The fourth-order valence-electron chi connectivity index (χ4n) is 4.29. The Balaban J connectivity index is 1.52. The molecule has 2 amide bonds. The lowest BCUT2D eigenvalue weighted by molar-refractivity contribution is -0.244. The van der Waals surface area contributed by atoms with Gasteiger partial charge in [-0.15, -0.1) is 0 Å². The summed E-state index contributed by atoms with van der Waals surface area (Å²) < 4.78 is 11.8. The van der Waals surface area contributed by atoms with Crippen LogP contribution in [-0.2, 0) is 14.3 Å². The largest absolute Gasteiger partial charge is 0.391 e. The van der Waals surface area contributed by atoms with Crippen molar-refractivity contribution in [1.82, 2.24) is 10.6 Å². The molecule has 0 spiro atoms. The van der Waals surface area contributed by atoms with E-state index in [1.165, 1.54) is 6.92 Å². The van der Waals surface area contributed by atoms with Gasteiger partial charge in [-0.3, -0.25) is 9.59 Å². The molecule has 3 rings (SSSR count). The number of amides is 2. The minimum absolute atomic E-state index is 0.182. The van der Waals surface area contributed by atoms with Crippen molar-refractivity contribution in [2.75, 3.05) is 24.7 Å². The number of aliphatic hydroxyl groups excluding tert-OH is 2. The Bertz CT molecular complexity index is 974. The molecule has 2 aromatic rings. The highest BCUT2D eigenvalue weighted by Gasteiger charge is 2.42. The van der Waals surface area contributed by atoms with Crippen molar-refractivity contribution < 1.29 is 29.3 Å². The molecule has 0 saturated carbocycles. The van der Waals surface area contributed by atoms with Crippen LogP contribution in [0.15, 0.2) is 54.6 Å². The van der Waals surface area contributed by atoms with Crippen LogP contribution in [0, 0.1) is 0 Å². The summed E-state index contributed by atoms with van der Waals surface area (Å²) in [5.74, 6) is 1.44. The number of benzene rings is 2. The molecule has 0 radical (unpaired) electrons. The van der Waals surface area contributed by atoms with E-state index in [4.69, 9.17) is 9.47 Å². The summed E-state index contributed by atoms with van der Waals surface area (Å²) in [7, 11) is 0. The summed E-state index contributed by atoms with van der Waals surface area (Å²) in [6, 6.07) is 16.5. The van der Waals surface area contributed by atoms with E-state index in [0.717, 1.165) is 29.1 Å². The van der Waals surface area contributed by atoms with Gasteiger partial charge >= 0.3 is 0 Å². The fraction of sp³-hybridized carbons (Fsp3) is 0.500. The monoisotopic (exact) mass is 530 g/mol. The average molecular weight is 531 g/mol. The molecule has 1 saturated heterocycles. The van der Waals surface area contributed by atoms with Crippen LogP contribution in [0.5, 0.6) is 0 Å². The van der Waals surface area contributed by atoms with Crippen LogP contribution < -0.4 is 10.6 Å². The Morgan fingerprint density at radius 1 is 1.14 bits per heavy atom. The lowest BCUT2D eigenvalue weighted by atomic mass is 9.93. The fourth-order valence-corrected chi connectivity index (χ4v) is 4.90. The van der Waals surface area contributed by atoms with Crippen molar-refractivity contribution in [1.29, 1.82) is 0 Å². The first-order chi connectivity index (χ1) is 17.9. The van der Waals surface area contributed by atoms with Crippen molar-refractivity contribution in [2.45, 2.75) is 63.8 Å². The predicted octanol–water partition coefficient (Wildman–Crippen LogP) is 2.97. The van der Waals surface area contributed by atoms with E-state index in [1.54, 1.807) is 12.1 Å². The zero-order chi connectivity index (χ0) is 26.6. The maximum atomic E-state index is 12.6. The second-order valence-electron chi connectivity index (χ2n) is 9.04. The van der Waals surface area contributed by atoms with Gasteiger partial charge in [-0.05, 0) is 47.6 Å². The molecule has 1 fully saturated rings. The number of nitrogens with one attached hydrogen (secondary N) is 2. The topological polar surface area (TPSA) is 117 Å². The minimum Gasteiger partial charge on any atom is -0.391 e. The van der Waals surface area contributed by atoms with E-state index in [0.29, 0.717) is 12.2 Å². The number of carbonyl (C=O) groups excluding carboxylic acids is 2. The standard InChI is InChI=1S/C28H38N2O6S/c1-3-37-17-7-16-35-25-18-24(33)26(30-19(2)31)27(36-25)23(32)14-15-29-28(34)22-12-10-21(11-13-22)20-8-5-4-6-9-20/h4-6,8-13,23-27,32-33H,3,7,14-18H2,1-2H3,(H,29,34)(H,30,31)/t23?,24?,25?,26-,27?/m1/s1. The number of hydrogen-bond donors (Lipinski definition) is 4. The zero-order valence-corrected chi connectivity index (χ0v) is 22.3. The molecule has 1 aliphatic heterocycles. The number of hydrogen-bond acceptors (Lipinski definition) is 7. The zero-order valence-electron chi connectivity index (χ0n) is 21.5. The van der Waals surface area contributed by atoms with Crippen LogP contribution >= 0.6 is 11.8 Å². The van der Waals surface area contributed by atoms with Gasteiger partial charge in [-0.25, -0.2) is 0 Å². The van der Waals surface area contributed by atoms with E-state index in [2.05, 4.69) is 17.6 Å². The molecule has 37 heavy (non-hydrogen) atoms. The number of aliphatic hydroxyl groups is 2. The first-order valence-corrected chi connectivity index (χ1v) is 14.0. The van der Waals surface area contributed by atoms with Gasteiger partial charge in [0.2, 0.25) is 5.91 Å². The van der Waals surface area contributed by atoms with Crippen LogP contribution in [0.2, 0.25) is 0 Å². The Morgan fingerprint density at radius 3 is 2.51 bits per heavy atom. The Hall–Kier alpha value is -2.43. The number of carbonyl (C=O) groups is 2. The Morgan fingerprint density at radius 2 is 1.84 bits per heavy atom. The Labute approximate surface area is 223 Å². The van der Waals surface area contributed by atoms with Crippen molar-refractivity contribution in [3.05, 3.63) is 60.2 Å². The van der Waals surface area contributed by atoms with Gasteiger partial charge in [0.05, 0.1) is 24.9 Å². The third-order valence-corrected chi connectivity index (χ3v) is 7.17. The summed E-state index contributed by atoms with van der Waals surface area (Å²) in [5, 5.41) is 27.1. The number of thioether (sulfide) groups is 1. The highest BCUT2D eigenvalue weighted by molar-refractivity contribution is 7.99. The third kappa shape index (κ3) is 9.12. The van der Waals surface area contributed by atoms with E-state index >= 15 is 0 Å².